The van der Waals surface area contributed by atoms with Crippen molar-refractivity contribution in [2.45, 2.75) is 44.6 Å². The van der Waals surface area contributed by atoms with Crippen molar-refractivity contribution >= 4 is 17.7 Å². The maximum absolute atomic E-state index is 12.9. The molecule has 6 nitrogen and oxygen atoms in total. The summed E-state index contributed by atoms with van der Waals surface area (Å²) in [5.41, 5.74) is 6.04. The summed E-state index contributed by atoms with van der Waals surface area (Å²) in [4.78, 5) is 38.8. The van der Waals surface area contributed by atoms with Crippen LogP contribution < -0.4 is 11.1 Å². The molecule has 3 fully saturated rings. The molecule has 1 aliphatic heterocycles. The smallest absolute Gasteiger partial charge is 0.251 e. The lowest BCUT2D eigenvalue weighted by Crippen LogP contribution is -2.46. The van der Waals surface area contributed by atoms with Crippen molar-refractivity contribution in [3.8, 4) is 0 Å². The van der Waals surface area contributed by atoms with E-state index >= 15 is 0 Å². The average molecular weight is 369 g/mol. The van der Waals surface area contributed by atoms with Crippen LogP contribution in [0.15, 0.2) is 24.3 Å². The first-order chi connectivity index (χ1) is 13.0. The third-order valence-corrected chi connectivity index (χ3v) is 6.32. The van der Waals surface area contributed by atoms with Crippen LogP contribution in [0.25, 0.3) is 0 Å². The highest BCUT2D eigenvalue weighted by Gasteiger charge is 2.48. The molecule has 2 saturated carbocycles. The molecule has 3 aliphatic rings. The number of hydrogen-bond donors (Lipinski definition) is 2. The second kappa shape index (κ2) is 7.33. The highest BCUT2D eigenvalue weighted by atomic mass is 16.2. The van der Waals surface area contributed by atoms with Crippen LogP contribution in [0.1, 0.15) is 59.2 Å². The first-order valence-corrected chi connectivity index (χ1v) is 10.0. The Bertz CT molecular complexity index is 753. The number of rotatable bonds is 4. The minimum atomic E-state index is -0.550. The molecule has 1 aromatic rings. The minimum Gasteiger partial charge on any atom is -0.366 e. The van der Waals surface area contributed by atoms with E-state index in [1.165, 1.54) is 12.5 Å². The van der Waals surface area contributed by atoms with Crippen molar-refractivity contribution in [2.24, 2.45) is 23.5 Å². The van der Waals surface area contributed by atoms with Gasteiger partial charge >= 0.3 is 0 Å². The molecule has 1 aromatic carbocycles. The van der Waals surface area contributed by atoms with Gasteiger partial charge in [-0.15, -0.1) is 0 Å². The van der Waals surface area contributed by atoms with Gasteiger partial charge in [0.15, 0.2) is 0 Å². The third-order valence-electron chi connectivity index (χ3n) is 6.32. The van der Waals surface area contributed by atoms with Crippen LogP contribution in [0.2, 0.25) is 0 Å². The van der Waals surface area contributed by atoms with Crippen molar-refractivity contribution in [3.05, 3.63) is 35.4 Å². The summed E-state index contributed by atoms with van der Waals surface area (Å²) in [7, 11) is 0. The number of benzene rings is 1. The second-order valence-corrected chi connectivity index (χ2v) is 8.32. The van der Waals surface area contributed by atoms with Gasteiger partial charge in [-0.3, -0.25) is 14.4 Å². The summed E-state index contributed by atoms with van der Waals surface area (Å²) in [6.45, 7) is 1.36. The van der Waals surface area contributed by atoms with Crippen LogP contribution in [-0.2, 0) is 4.79 Å². The van der Waals surface area contributed by atoms with Crippen molar-refractivity contribution in [2.75, 3.05) is 13.1 Å². The van der Waals surface area contributed by atoms with Crippen LogP contribution >= 0.6 is 0 Å². The summed E-state index contributed by atoms with van der Waals surface area (Å²) in [5, 5.41) is 3.05. The number of nitrogens with one attached hydrogen (secondary N) is 1. The van der Waals surface area contributed by atoms with Crippen LogP contribution in [0.5, 0.6) is 0 Å². The Labute approximate surface area is 159 Å². The molecule has 3 amide bonds. The normalized spacial score (nSPS) is 29.6. The number of likely N-dealkylation sites (tertiary alicyclic amines) is 1. The maximum Gasteiger partial charge on any atom is 0.251 e. The number of nitrogens with two attached hydrogens (primary N) is 1. The van der Waals surface area contributed by atoms with E-state index in [9.17, 15) is 14.4 Å². The Kier molecular flexibility index (Phi) is 4.89. The number of hydrogen-bond acceptors (Lipinski definition) is 3. The first kappa shape index (κ1) is 18.0. The topological polar surface area (TPSA) is 92.5 Å². The highest BCUT2D eigenvalue weighted by Crippen LogP contribution is 2.54. The molecule has 0 aromatic heterocycles. The summed E-state index contributed by atoms with van der Waals surface area (Å²) < 4.78 is 0. The number of fused-ring (bicyclic) bond motifs is 1. The van der Waals surface area contributed by atoms with Crippen molar-refractivity contribution in [3.63, 3.8) is 0 Å². The van der Waals surface area contributed by atoms with Crippen molar-refractivity contribution in [1.29, 1.82) is 0 Å². The molecular formula is C21H27N3O3. The lowest BCUT2D eigenvalue weighted by Gasteiger charge is -2.28. The monoisotopic (exact) mass is 369 g/mol. The Morgan fingerprint density at radius 2 is 1.78 bits per heavy atom. The van der Waals surface area contributed by atoms with E-state index in [1.807, 2.05) is 4.90 Å². The average Bonchev–Trinajstić information content (AvgIpc) is 3.35. The standard InChI is InChI=1S/C21H27N3O3/c22-19(25)13-4-3-5-14(8-13)20(26)23-18-6-1-2-7-24(12-18)21(27)17-10-15-9-16(15)11-17/h3-5,8,15-18H,1-2,6-7,9-12H2,(H2,22,25)(H,23,26)/t15?,16?,17?,18-/m0/s1. The van der Waals surface area contributed by atoms with Crippen LogP contribution in [0.4, 0.5) is 0 Å². The van der Waals surface area contributed by atoms with E-state index in [4.69, 9.17) is 5.73 Å². The number of carbonyl (C=O) groups is 3. The third kappa shape index (κ3) is 3.99. The Balaban J connectivity index is 1.38. The van der Waals surface area contributed by atoms with E-state index < -0.39 is 5.91 Å². The SMILES string of the molecule is NC(=O)c1cccc(C(=O)N[C@H]2CCCCN(C(=O)C3CC4CC4C3)C2)c1. The highest BCUT2D eigenvalue weighted by molar-refractivity contribution is 5.99. The van der Waals surface area contributed by atoms with E-state index in [2.05, 4.69) is 5.32 Å². The Morgan fingerprint density at radius 1 is 1.04 bits per heavy atom. The van der Waals surface area contributed by atoms with Crippen molar-refractivity contribution in [1.82, 2.24) is 10.2 Å². The van der Waals surface area contributed by atoms with Gasteiger partial charge in [0.05, 0.1) is 0 Å². The minimum absolute atomic E-state index is 0.0582. The van der Waals surface area contributed by atoms with Crippen LogP contribution in [0.3, 0.4) is 0 Å². The fourth-order valence-electron chi connectivity index (χ4n) is 4.72. The molecule has 27 heavy (non-hydrogen) atoms. The lowest BCUT2D eigenvalue weighted by molar-refractivity contribution is -0.135. The van der Waals surface area contributed by atoms with Crippen LogP contribution in [0, 0.1) is 17.8 Å². The zero-order chi connectivity index (χ0) is 19.0. The number of amides is 3. The second-order valence-electron chi connectivity index (χ2n) is 8.32. The van der Waals surface area contributed by atoms with E-state index in [-0.39, 0.29) is 23.8 Å². The molecule has 6 heteroatoms. The summed E-state index contributed by atoms with van der Waals surface area (Å²) in [5.74, 6) is 1.28. The lowest BCUT2D eigenvalue weighted by atomic mass is 10.0. The largest absolute Gasteiger partial charge is 0.366 e. The molecule has 0 bridgehead atoms. The molecule has 1 saturated heterocycles. The zero-order valence-electron chi connectivity index (χ0n) is 15.5. The molecule has 144 valence electrons. The van der Waals surface area contributed by atoms with Gasteiger partial charge in [-0.1, -0.05) is 6.07 Å². The van der Waals surface area contributed by atoms with E-state index in [0.29, 0.717) is 17.7 Å². The molecular weight excluding hydrogens is 342 g/mol. The van der Waals surface area contributed by atoms with Gasteiger partial charge in [-0.05, 0) is 68.6 Å². The Morgan fingerprint density at radius 3 is 2.52 bits per heavy atom. The number of primary amides is 1. The van der Waals surface area contributed by atoms with E-state index in [0.717, 1.165) is 50.5 Å². The molecule has 2 unspecified atom stereocenters. The van der Waals surface area contributed by atoms with Gasteiger partial charge in [-0.25, -0.2) is 0 Å². The predicted molar refractivity (Wildman–Crippen MR) is 101 cm³/mol. The van der Waals surface area contributed by atoms with Gasteiger partial charge in [0, 0.05) is 36.2 Å². The van der Waals surface area contributed by atoms with Gasteiger partial charge in [0.2, 0.25) is 11.8 Å². The molecule has 3 N–H and O–H groups in total. The predicted octanol–water partition coefficient (Wildman–Crippen LogP) is 1.94. The summed E-state index contributed by atoms with van der Waals surface area (Å²) in [6.07, 6.45) is 6.25. The molecule has 1 heterocycles. The molecule has 3 atom stereocenters. The molecule has 4 rings (SSSR count). The molecule has 2 aliphatic carbocycles. The number of nitrogens with zero attached hydrogens (tertiary/aromatic N) is 1. The fourth-order valence-corrected chi connectivity index (χ4v) is 4.72. The van der Waals surface area contributed by atoms with Gasteiger partial charge in [-0.2, -0.15) is 0 Å². The van der Waals surface area contributed by atoms with Crippen molar-refractivity contribution < 1.29 is 14.4 Å². The maximum atomic E-state index is 12.9. The summed E-state index contributed by atoms with van der Waals surface area (Å²) >= 11 is 0. The number of carbonyl (C=O) groups excluding carboxylic acids is 3. The fraction of sp³-hybridized carbons (Fsp3) is 0.571. The Hall–Kier alpha value is -2.37. The zero-order valence-corrected chi connectivity index (χ0v) is 15.5. The quantitative estimate of drug-likeness (QED) is 0.849. The van der Waals surface area contributed by atoms with Gasteiger partial charge < -0.3 is 16.0 Å². The molecule has 0 radical (unpaired) electrons. The summed E-state index contributed by atoms with van der Waals surface area (Å²) in [6, 6.07) is 6.38. The molecule has 0 spiro atoms. The van der Waals surface area contributed by atoms with Crippen LogP contribution in [-0.4, -0.2) is 41.8 Å². The van der Waals surface area contributed by atoms with E-state index in [1.54, 1.807) is 18.2 Å². The van der Waals surface area contributed by atoms with Gasteiger partial charge in [0.1, 0.15) is 0 Å². The first-order valence-electron chi connectivity index (χ1n) is 10.0. The van der Waals surface area contributed by atoms with Gasteiger partial charge in [0.25, 0.3) is 5.91 Å².